The number of carboxylic acid groups (broad SMARTS) is 1. The number of nitrogens with one attached hydrogen (secondary N) is 2. The number of anilines is 1. The van der Waals surface area contributed by atoms with Crippen molar-refractivity contribution in [1.82, 2.24) is 5.32 Å². The van der Waals surface area contributed by atoms with E-state index in [1.807, 2.05) is 24.3 Å². The van der Waals surface area contributed by atoms with Gasteiger partial charge in [-0.1, -0.05) is 32.0 Å². The maximum absolute atomic E-state index is 12.1. The number of benzene rings is 1. The largest absolute Gasteiger partial charge is 0.480 e. The Morgan fingerprint density at radius 2 is 2.05 bits per heavy atom. The number of carbonyl (C=O) groups is 2. The van der Waals surface area contributed by atoms with Crippen LogP contribution in [0.4, 0.5) is 5.69 Å². The summed E-state index contributed by atoms with van der Waals surface area (Å²) in [5, 5.41) is 14.8. The molecule has 0 aliphatic carbocycles. The lowest BCUT2D eigenvalue weighted by atomic mass is 10.0. The third-order valence-electron chi connectivity index (χ3n) is 3.32. The molecule has 0 radical (unpaired) electrons. The van der Waals surface area contributed by atoms with Gasteiger partial charge >= 0.3 is 5.97 Å². The van der Waals surface area contributed by atoms with E-state index in [2.05, 4.69) is 10.6 Å². The summed E-state index contributed by atoms with van der Waals surface area (Å²) in [7, 11) is 0. The van der Waals surface area contributed by atoms with Crippen molar-refractivity contribution in [2.45, 2.75) is 32.4 Å². The summed E-state index contributed by atoms with van der Waals surface area (Å²) in [5.74, 6) is -1.42. The molecular formula is C14H18N2O3. The first-order chi connectivity index (χ1) is 8.99. The molecule has 0 bridgehead atoms. The summed E-state index contributed by atoms with van der Waals surface area (Å²) in [6.07, 6.45) is 0.590. The number of carbonyl (C=O) groups excluding carboxylic acids is 1. The van der Waals surface area contributed by atoms with E-state index in [0.717, 1.165) is 11.3 Å². The molecule has 1 aromatic rings. The molecule has 1 unspecified atom stereocenters. The molecule has 102 valence electrons. The van der Waals surface area contributed by atoms with Crippen molar-refractivity contribution >= 4 is 17.6 Å². The highest BCUT2D eigenvalue weighted by molar-refractivity contribution is 5.90. The smallest absolute Gasteiger partial charge is 0.326 e. The van der Waals surface area contributed by atoms with E-state index in [0.29, 0.717) is 6.42 Å². The van der Waals surface area contributed by atoms with Gasteiger partial charge in [0.2, 0.25) is 5.91 Å². The van der Waals surface area contributed by atoms with Gasteiger partial charge in [0.15, 0.2) is 0 Å². The molecular weight excluding hydrogens is 244 g/mol. The minimum atomic E-state index is -1.00. The van der Waals surface area contributed by atoms with Gasteiger partial charge < -0.3 is 15.7 Å². The van der Waals surface area contributed by atoms with Crippen LogP contribution in [-0.4, -0.2) is 29.1 Å². The number of amides is 1. The van der Waals surface area contributed by atoms with Gasteiger partial charge in [-0.25, -0.2) is 4.79 Å². The normalized spacial score (nSPS) is 18.6. The van der Waals surface area contributed by atoms with E-state index >= 15 is 0 Å². The first-order valence-corrected chi connectivity index (χ1v) is 6.36. The summed E-state index contributed by atoms with van der Waals surface area (Å²) >= 11 is 0. The monoisotopic (exact) mass is 262 g/mol. The second-order valence-electron chi connectivity index (χ2n) is 5.13. The van der Waals surface area contributed by atoms with Gasteiger partial charge in [0.1, 0.15) is 12.1 Å². The van der Waals surface area contributed by atoms with Crippen LogP contribution < -0.4 is 10.6 Å². The lowest BCUT2D eigenvalue weighted by molar-refractivity contribution is -0.143. The van der Waals surface area contributed by atoms with Crippen LogP contribution in [0, 0.1) is 5.92 Å². The van der Waals surface area contributed by atoms with Gasteiger partial charge in [0.25, 0.3) is 0 Å². The third kappa shape index (κ3) is 2.86. The van der Waals surface area contributed by atoms with Crippen molar-refractivity contribution < 1.29 is 14.7 Å². The van der Waals surface area contributed by atoms with Crippen molar-refractivity contribution in [3.8, 4) is 0 Å². The zero-order chi connectivity index (χ0) is 14.0. The molecule has 19 heavy (non-hydrogen) atoms. The molecule has 5 nitrogen and oxygen atoms in total. The van der Waals surface area contributed by atoms with Crippen LogP contribution >= 0.6 is 0 Å². The number of aliphatic carboxylic acids is 1. The Morgan fingerprint density at radius 1 is 1.37 bits per heavy atom. The highest BCUT2D eigenvalue weighted by atomic mass is 16.4. The first kappa shape index (κ1) is 13.4. The Balaban J connectivity index is 2.01. The van der Waals surface area contributed by atoms with Gasteiger partial charge in [-0.3, -0.25) is 4.79 Å². The second-order valence-corrected chi connectivity index (χ2v) is 5.13. The van der Waals surface area contributed by atoms with E-state index < -0.39 is 18.1 Å². The molecule has 2 rings (SSSR count). The van der Waals surface area contributed by atoms with E-state index in [9.17, 15) is 9.59 Å². The molecule has 1 aliphatic rings. The van der Waals surface area contributed by atoms with Gasteiger partial charge in [-0.05, 0) is 17.5 Å². The molecule has 3 N–H and O–H groups in total. The Bertz CT molecular complexity index is 474. The Hall–Kier alpha value is -2.04. The number of rotatable bonds is 4. The fourth-order valence-electron chi connectivity index (χ4n) is 2.22. The van der Waals surface area contributed by atoms with Gasteiger partial charge in [-0.2, -0.15) is 0 Å². The second kappa shape index (κ2) is 5.30. The molecule has 1 aliphatic heterocycles. The number of para-hydroxylation sites is 1. The summed E-state index contributed by atoms with van der Waals surface area (Å²) in [5.41, 5.74) is 2.03. The predicted octanol–water partition coefficient (Wildman–Crippen LogP) is 1.25. The van der Waals surface area contributed by atoms with Crippen molar-refractivity contribution in [2.75, 3.05) is 5.32 Å². The molecule has 0 saturated heterocycles. The van der Waals surface area contributed by atoms with Crippen LogP contribution in [0.2, 0.25) is 0 Å². The van der Waals surface area contributed by atoms with Crippen LogP contribution in [0.15, 0.2) is 24.3 Å². The summed E-state index contributed by atoms with van der Waals surface area (Å²) in [6.45, 7) is 3.55. The van der Waals surface area contributed by atoms with Crippen molar-refractivity contribution in [3.63, 3.8) is 0 Å². The SMILES string of the molecule is CC(C)[C@@H](NC(=O)C1Cc2ccccc2N1)C(=O)O. The van der Waals surface area contributed by atoms with Crippen LogP contribution in [0.5, 0.6) is 0 Å². The minimum Gasteiger partial charge on any atom is -0.480 e. The number of carboxylic acids is 1. The van der Waals surface area contributed by atoms with Crippen molar-refractivity contribution in [1.29, 1.82) is 0 Å². The highest BCUT2D eigenvalue weighted by Gasteiger charge is 2.30. The Labute approximate surface area is 112 Å². The summed E-state index contributed by atoms with van der Waals surface area (Å²) < 4.78 is 0. The topological polar surface area (TPSA) is 78.4 Å². The van der Waals surface area contributed by atoms with Crippen molar-refractivity contribution in [3.05, 3.63) is 29.8 Å². The van der Waals surface area contributed by atoms with E-state index in [1.54, 1.807) is 13.8 Å². The standard InChI is InChI=1S/C14H18N2O3/c1-8(2)12(14(18)19)16-13(17)11-7-9-5-3-4-6-10(9)15-11/h3-6,8,11-12,15H,7H2,1-2H3,(H,16,17)(H,18,19)/t11?,12-/m1/s1. The predicted molar refractivity (Wildman–Crippen MR) is 72.0 cm³/mol. The van der Waals surface area contributed by atoms with Gasteiger partial charge in [0, 0.05) is 12.1 Å². The number of hydrogen-bond acceptors (Lipinski definition) is 3. The zero-order valence-electron chi connectivity index (χ0n) is 11.0. The average Bonchev–Trinajstić information content (AvgIpc) is 2.78. The van der Waals surface area contributed by atoms with E-state index in [-0.39, 0.29) is 11.8 Å². The number of hydrogen-bond donors (Lipinski definition) is 3. The minimum absolute atomic E-state index is 0.148. The maximum Gasteiger partial charge on any atom is 0.326 e. The third-order valence-corrected chi connectivity index (χ3v) is 3.32. The van der Waals surface area contributed by atoms with Crippen LogP contribution in [0.3, 0.4) is 0 Å². The van der Waals surface area contributed by atoms with Crippen molar-refractivity contribution in [2.24, 2.45) is 5.92 Å². The Kier molecular flexibility index (Phi) is 3.74. The lowest BCUT2D eigenvalue weighted by Gasteiger charge is -2.20. The quantitative estimate of drug-likeness (QED) is 0.763. The first-order valence-electron chi connectivity index (χ1n) is 6.36. The van der Waals surface area contributed by atoms with Gasteiger partial charge in [0.05, 0.1) is 0 Å². The van der Waals surface area contributed by atoms with E-state index in [4.69, 9.17) is 5.11 Å². The Morgan fingerprint density at radius 3 is 2.63 bits per heavy atom. The molecule has 0 saturated carbocycles. The fourth-order valence-corrected chi connectivity index (χ4v) is 2.22. The summed E-state index contributed by atoms with van der Waals surface area (Å²) in [6, 6.07) is 6.47. The molecule has 2 atom stereocenters. The molecule has 5 heteroatoms. The fraction of sp³-hybridized carbons (Fsp3) is 0.429. The molecule has 0 aromatic heterocycles. The molecule has 0 fully saturated rings. The van der Waals surface area contributed by atoms with Gasteiger partial charge in [-0.15, -0.1) is 0 Å². The van der Waals surface area contributed by atoms with E-state index in [1.165, 1.54) is 0 Å². The molecule has 0 spiro atoms. The average molecular weight is 262 g/mol. The van der Waals surface area contributed by atoms with Crippen LogP contribution in [0.1, 0.15) is 19.4 Å². The molecule has 1 aromatic carbocycles. The zero-order valence-corrected chi connectivity index (χ0v) is 11.0. The lowest BCUT2D eigenvalue weighted by Crippen LogP contribution is -2.49. The highest BCUT2D eigenvalue weighted by Crippen LogP contribution is 2.25. The maximum atomic E-state index is 12.1. The number of fused-ring (bicyclic) bond motifs is 1. The molecule has 1 heterocycles. The van der Waals surface area contributed by atoms with Crippen LogP contribution in [0.25, 0.3) is 0 Å². The molecule has 1 amide bonds. The summed E-state index contributed by atoms with van der Waals surface area (Å²) in [4.78, 5) is 23.2. The van der Waals surface area contributed by atoms with Crippen LogP contribution in [-0.2, 0) is 16.0 Å².